The molecule has 1 heterocycles. The quantitative estimate of drug-likeness (QED) is 0.890. The molecule has 0 fully saturated rings. The molecule has 22 heavy (non-hydrogen) atoms. The fourth-order valence-corrected chi connectivity index (χ4v) is 3.73. The van der Waals surface area contributed by atoms with Crippen LogP contribution in [0.2, 0.25) is 0 Å². The molecule has 0 aromatic heterocycles. The molecule has 0 bridgehead atoms. The third-order valence-electron chi connectivity index (χ3n) is 3.54. The van der Waals surface area contributed by atoms with Gasteiger partial charge in [0.1, 0.15) is 0 Å². The lowest BCUT2D eigenvalue weighted by Gasteiger charge is -2.34. The summed E-state index contributed by atoms with van der Waals surface area (Å²) in [5, 5.41) is 0. The van der Waals surface area contributed by atoms with Crippen molar-refractivity contribution in [2.24, 2.45) is 5.73 Å². The second-order valence-corrected chi connectivity index (χ2v) is 6.10. The molecule has 0 unspecified atom stereocenters. The lowest BCUT2D eigenvalue weighted by Crippen LogP contribution is -2.26. The predicted molar refractivity (Wildman–Crippen MR) is 82.7 cm³/mol. The summed E-state index contributed by atoms with van der Waals surface area (Å²) in [5.74, 6) is 0. The highest BCUT2D eigenvalue weighted by Crippen LogP contribution is 2.52. The minimum Gasteiger partial charge on any atom is -0.339 e. The van der Waals surface area contributed by atoms with E-state index in [9.17, 15) is 13.2 Å². The molecule has 2 N–H and O–H groups in total. The van der Waals surface area contributed by atoms with Gasteiger partial charge in [0, 0.05) is 16.3 Å². The molecule has 3 rings (SSSR count). The van der Waals surface area contributed by atoms with Gasteiger partial charge in [0.05, 0.1) is 16.9 Å². The first-order valence-electron chi connectivity index (χ1n) is 6.97. The van der Waals surface area contributed by atoms with Crippen LogP contribution in [0.4, 0.5) is 24.5 Å². The Kier molecular flexibility index (Phi) is 4.06. The number of nitrogens with zero attached hydrogens (tertiary/aromatic N) is 1. The minimum absolute atomic E-state index is 0.243. The number of para-hydroxylation sites is 2. The summed E-state index contributed by atoms with van der Waals surface area (Å²) in [6, 6.07) is 11.9. The highest BCUT2D eigenvalue weighted by atomic mass is 32.2. The molecule has 0 radical (unpaired) electrons. The second-order valence-electron chi connectivity index (χ2n) is 5.01. The van der Waals surface area contributed by atoms with Crippen LogP contribution in [0, 0.1) is 0 Å². The first kappa shape index (κ1) is 15.2. The maximum Gasteiger partial charge on any atom is 0.418 e. The van der Waals surface area contributed by atoms with Gasteiger partial charge in [-0.1, -0.05) is 30.0 Å². The van der Waals surface area contributed by atoms with E-state index >= 15 is 0 Å². The number of anilines is 2. The smallest absolute Gasteiger partial charge is 0.339 e. The third-order valence-corrected chi connectivity index (χ3v) is 4.65. The zero-order chi connectivity index (χ0) is 15.7. The van der Waals surface area contributed by atoms with Crippen molar-refractivity contribution in [2.75, 3.05) is 18.0 Å². The zero-order valence-electron chi connectivity index (χ0n) is 11.7. The molecule has 1 aliphatic rings. The largest absolute Gasteiger partial charge is 0.418 e. The van der Waals surface area contributed by atoms with E-state index in [-0.39, 0.29) is 5.69 Å². The van der Waals surface area contributed by atoms with Crippen molar-refractivity contribution in [3.63, 3.8) is 0 Å². The van der Waals surface area contributed by atoms with Crippen molar-refractivity contribution in [2.45, 2.75) is 22.4 Å². The summed E-state index contributed by atoms with van der Waals surface area (Å²) >= 11 is 1.38. The third kappa shape index (κ3) is 2.68. The van der Waals surface area contributed by atoms with Crippen LogP contribution in [0.25, 0.3) is 0 Å². The van der Waals surface area contributed by atoms with Crippen LogP contribution in [0.5, 0.6) is 0 Å². The summed E-state index contributed by atoms with van der Waals surface area (Å²) in [5.41, 5.74) is 6.01. The van der Waals surface area contributed by atoms with Crippen LogP contribution in [0.1, 0.15) is 12.0 Å². The molecule has 2 aromatic carbocycles. The van der Waals surface area contributed by atoms with Crippen molar-refractivity contribution in [1.29, 1.82) is 0 Å². The summed E-state index contributed by atoms with van der Waals surface area (Å²) in [7, 11) is 0. The van der Waals surface area contributed by atoms with Crippen LogP contribution >= 0.6 is 11.8 Å². The van der Waals surface area contributed by atoms with Crippen molar-refractivity contribution in [3.05, 3.63) is 48.0 Å². The van der Waals surface area contributed by atoms with Crippen LogP contribution in [0.3, 0.4) is 0 Å². The van der Waals surface area contributed by atoms with Crippen LogP contribution < -0.4 is 10.6 Å². The van der Waals surface area contributed by atoms with Crippen molar-refractivity contribution < 1.29 is 13.2 Å². The maximum atomic E-state index is 13.4. The Bertz CT molecular complexity index is 685. The molecule has 0 spiro atoms. The standard InChI is InChI=1S/C16H15F3N2S/c17-16(18,19)11-5-3-8-14-15(11)21(10-4-9-20)12-6-1-2-7-13(12)22-14/h1-3,5-8H,4,9-10,20H2. The normalized spacial score (nSPS) is 13.7. The number of benzene rings is 2. The molecule has 0 aliphatic carbocycles. The van der Waals surface area contributed by atoms with E-state index in [1.807, 2.05) is 24.3 Å². The average Bonchev–Trinajstić information content (AvgIpc) is 2.50. The van der Waals surface area contributed by atoms with E-state index in [1.54, 1.807) is 11.0 Å². The molecule has 1 aliphatic heterocycles. The van der Waals surface area contributed by atoms with Gasteiger partial charge in [-0.05, 0) is 37.2 Å². The van der Waals surface area contributed by atoms with E-state index in [2.05, 4.69) is 0 Å². The summed E-state index contributed by atoms with van der Waals surface area (Å²) < 4.78 is 40.2. The summed E-state index contributed by atoms with van der Waals surface area (Å²) in [6.45, 7) is 0.906. The minimum atomic E-state index is -4.38. The second kappa shape index (κ2) is 5.85. The van der Waals surface area contributed by atoms with E-state index in [0.29, 0.717) is 24.4 Å². The van der Waals surface area contributed by atoms with Crippen LogP contribution in [-0.2, 0) is 6.18 Å². The Morgan fingerprint density at radius 1 is 1.00 bits per heavy atom. The average molecular weight is 324 g/mol. The van der Waals surface area contributed by atoms with E-state index < -0.39 is 11.7 Å². The molecular weight excluding hydrogens is 309 g/mol. The Labute approximate surface area is 131 Å². The number of halogens is 3. The van der Waals surface area contributed by atoms with Gasteiger partial charge in [0.25, 0.3) is 0 Å². The number of hydrogen-bond acceptors (Lipinski definition) is 3. The molecule has 2 nitrogen and oxygen atoms in total. The lowest BCUT2D eigenvalue weighted by molar-refractivity contribution is -0.137. The van der Waals surface area contributed by atoms with E-state index in [4.69, 9.17) is 5.73 Å². The van der Waals surface area contributed by atoms with Gasteiger partial charge >= 0.3 is 6.18 Å². The van der Waals surface area contributed by atoms with Gasteiger partial charge in [-0.25, -0.2) is 0 Å². The van der Waals surface area contributed by atoms with Crippen LogP contribution in [0.15, 0.2) is 52.3 Å². The molecule has 2 aromatic rings. The molecule has 0 amide bonds. The van der Waals surface area contributed by atoms with Crippen LogP contribution in [-0.4, -0.2) is 13.1 Å². The van der Waals surface area contributed by atoms with Crippen molar-refractivity contribution in [3.8, 4) is 0 Å². The number of rotatable bonds is 3. The molecule has 0 atom stereocenters. The molecule has 0 saturated heterocycles. The topological polar surface area (TPSA) is 29.3 Å². The Balaban J connectivity index is 2.17. The highest BCUT2D eigenvalue weighted by molar-refractivity contribution is 7.99. The lowest BCUT2D eigenvalue weighted by atomic mass is 10.1. The monoisotopic (exact) mass is 324 g/mol. The predicted octanol–water partition coefficient (Wildman–Crippen LogP) is 4.66. The van der Waals surface area contributed by atoms with Crippen molar-refractivity contribution in [1.82, 2.24) is 0 Å². The molecular formula is C16H15F3N2S. The molecule has 0 saturated carbocycles. The fourth-order valence-electron chi connectivity index (χ4n) is 2.60. The highest BCUT2D eigenvalue weighted by Gasteiger charge is 2.38. The Morgan fingerprint density at radius 2 is 1.73 bits per heavy atom. The summed E-state index contributed by atoms with van der Waals surface area (Å²) in [6.07, 6.45) is -3.75. The van der Waals surface area contributed by atoms with Gasteiger partial charge in [-0.15, -0.1) is 0 Å². The van der Waals surface area contributed by atoms with Gasteiger partial charge in [0.2, 0.25) is 0 Å². The molecule has 6 heteroatoms. The van der Waals surface area contributed by atoms with E-state index in [1.165, 1.54) is 17.8 Å². The Morgan fingerprint density at radius 3 is 2.45 bits per heavy atom. The van der Waals surface area contributed by atoms with E-state index in [0.717, 1.165) is 16.6 Å². The first-order valence-corrected chi connectivity index (χ1v) is 7.78. The zero-order valence-corrected chi connectivity index (χ0v) is 12.5. The number of nitrogens with two attached hydrogens (primary N) is 1. The first-order chi connectivity index (χ1) is 10.5. The summed E-state index contributed by atoms with van der Waals surface area (Å²) in [4.78, 5) is 3.34. The SMILES string of the molecule is NCCCN1c2ccccc2Sc2cccc(C(F)(F)F)c21. The number of hydrogen-bond donors (Lipinski definition) is 1. The fraction of sp³-hybridized carbons (Fsp3) is 0.250. The number of alkyl halides is 3. The van der Waals surface area contributed by atoms with Gasteiger partial charge in [-0.3, -0.25) is 0 Å². The Hall–Kier alpha value is -1.66. The maximum absolute atomic E-state index is 13.4. The van der Waals surface area contributed by atoms with Gasteiger partial charge in [-0.2, -0.15) is 13.2 Å². The molecule has 116 valence electrons. The number of fused-ring (bicyclic) bond motifs is 2. The van der Waals surface area contributed by atoms with Gasteiger partial charge < -0.3 is 10.6 Å². The van der Waals surface area contributed by atoms with Gasteiger partial charge in [0.15, 0.2) is 0 Å². The van der Waals surface area contributed by atoms with Crippen molar-refractivity contribution >= 4 is 23.1 Å².